The molecule has 0 radical (unpaired) electrons. The summed E-state index contributed by atoms with van der Waals surface area (Å²) in [6.45, 7) is 8.27. The topological polar surface area (TPSA) is 110 Å². The molecule has 3 heterocycles. The zero-order valence-electron chi connectivity index (χ0n) is 20.2. The van der Waals surface area contributed by atoms with E-state index in [4.69, 9.17) is 10.5 Å². The first kappa shape index (κ1) is 24.2. The van der Waals surface area contributed by atoms with Crippen LogP contribution in [0.25, 0.3) is 0 Å². The number of nitrogens with two attached hydrogens (primary N) is 1. The van der Waals surface area contributed by atoms with Crippen LogP contribution in [0.15, 0.2) is 48.8 Å². The molecule has 3 aromatic rings. The third-order valence-electron chi connectivity index (χ3n) is 5.75. The number of nitrogens with one attached hydrogen (secondary N) is 1. The summed E-state index contributed by atoms with van der Waals surface area (Å²) in [6.07, 6.45) is 3.30. The van der Waals surface area contributed by atoms with Crippen LogP contribution in [0.3, 0.4) is 0 Å². The third-order valence-corrected chi connectivity index (χ3v) is 5.75. The predicted octanol–water partition coefficient (Wildman–Crippen LogP) is 3.82. The lowest BCUT2D eigenvalue weighted by molar-refractivity contribution is 0.207. The Labute approximate surface area is 204 Å². The molecule has 10 heteroatoms. The standard InChI is InChI=1S/C25H30FN7O2/c1-25(2,3)19-15-17(6-7-20(19)26)31-24(34)33-13-11-32(12-14-33)22-21(5-4-9-28-22)35-16-18-8-10-29-23(27)30-18/h4-10,15H,11-14,16H2,1-3H3,(H,31,34)(H2,27,29,30). The lowest BCUT2D eigenvalue weighted by Gasteiger charge is -2.36. The van der Waals surface area contributed by atoms with Crippen LogP contribution in [0.4, 0.5) is 26.6 Å². The molecule has 4 rings (SSSR count). The highest BCUT2D eigenvalue weighted by atomic mass is 19.1. The Bertz CT molecular complexity index is 1190. The van der Waals surface area contributed by atoms with E-state index in [0.717, 1.165) is 0 Å². The second kappa shape index (κ2) is 10.1. The molecule has 2 amide bonds. The number of amides is 2. The Balaban J connectivity index is 1.36. The fraction of sp³-hybridized carbons (Fsp3) is 0.360. The normalized spacial score (nSPS) is 14.1. The molecule has 0 saturated carbocycles. The number of nitrogens with zero attached hydrogens (tertiary/aromatic N) is 5. The number of ether oxygens (including phenoxy) is 1. The van der Waals surface area contributed by atoms with E-state index in [-0.39, 0.29) is 29.8 Å². The van der Waals surface area contributed by atoms with Gasteiger partial charge >= 0.3 is 6.03 Å². The monoisotopic (exact) mass is 479 g/mol. The zero-order valence-corrected chi connectivity index (χ0v) is 20.2. The molecular weight excluding hydrogens is 449 g/mol. The van der Waals surface area contributed by atoms with Gasteiger partial charge in [0, 0.05) is 44.3 Å². The summed E-state index contributed by atoms with van der Waals surface area (Å²) >= 11 is 0. The van der Waals surface area contributed by atoms with Gasteiger partial charge in [-0.2, -0.15) is 0 Å². The van der Waals surface area contributed by atoms with Crippen LogP contribution in [0.2, 0.25) is 0 Å². The Morgan fingerprint density at radius 2 is 1.89 bits per heavy atom. The second-order valence-electron chi connectivity index (χ2n) is 9.37. The van der Waals surface area contributed by atoms with E-state index in [2.05, 4.69) is 25.2 Å². The zero-order chi connectivity index (χ0) is 25.0. The number of nitrogen functional groups attached to an aromatic ring is 1. The van der Waals surface area contributed by atoms with Gasteiger partial charge in [-0.1, -0.05) is 20.8 Å². The SMILES string of the molecule is CC(C)(C)c1cc(NC(=O)N2CCN(c3ncccc3OCc3ccnc(N)n3)CC2)ccc1F. The smallest absolute Gasteiger partial charge is 0.321 e. The number of hydrogen-bond donors (Lipinski definition) is 2. The summed E-state index contributed by atoms with van der Waals surface area (Å²) in [7, 11) is 0. The number of rotatable bonds is 5. The van der Waals surface area contributed by atoms with Crippen LogP contribution in [0.5, 0.6) is 5.75 Å². The van der Waals surface area contributed by atoms with Crippen LogP contribution in [0, 0.1) is 5.82 Å². The Morgan fingerprint density at radius 3 is 2.60 bits per heavy atom. The number of hydrogen-bond acceptors (Lipinski definition) is 7. The van der Waals surface area contributed by atoms with Crippen molar-refractivity contribution in [2.24, 2.45) is 0 Å². The van der Waals surface area contributed by atoms with Crippen molar-refractivity contribution in [3.05, 3.63) is 65.9 Å². The van der Waals surface area contributed by atoms with Crippen molar-refractivity contribution >= 4 is 23.5 Å². The van der Waals surface area contributed by atoms with Crippen molar-refractivity contribution < 1.29 is 13.9 Å². The molecule has 184 valence electrons. The van der Waals surface area contributed by atoms with Gasteiger partial charge in [-0.3, -0.25) is 0 Å². The van der Waals surface area contributed by atoms with Crippen LogP contribution < -0.4 is 20.7 Å². The van der Waals surface area contributed by atoms with Crippen molar-refractivity contribution in [2.75, 3.05) is 42.1 Å². The van der Waals surface area contributed by atoms with Gasteiger partial charge in [-0.25, -0.2) is 24.1 Å². The molecule has 1 aliphatic rings. The van der Waals surface area contributed by atoms with E-state index in [1.807, 2.05) is 32.9 Å². The first-order valence-corrected chi connectivity index (χ1v) is 11.5. The van der Waals surface area contributed by atoms with Gasteiger partial charge in [-0.05, 0) is 47.4 Å². The molecule has 1 aliphatic heterocycles. The average molecular weight is 480 g/mol. The number of carbonyl (C=O) groups is 1. The van der Waals surface area contributed by atoms with Crippen molar-refractivity contribution in [2.45, 2.75) is 32.8 Å². The van der Waals surface area contributed by atoms with E-state index in [1.54, 1.807) is 35.5 Å². The highest BCUT2D eigenvalue weighted by molar-refractivity contribution is 5.89. The summed E-state index contributed by atoms with van der Waals surface area (Å²) in [5.74, 6) is 1.26. The molecule has 1 fully saturated rings. The van der Waals surface area contributed by atoms with Gasteiger partial charge in [-0.15, -0.1) is 0 Å². The highest BCUT2D eigenvalue weighted by Crippen LogP contribution is 2.29. The summed E-state index contributed by atoms with van der Waals surface area (Å²) in [5, 5.41) is 2.90. The number of anilines is 3. The fourth-order valence-corrected chi connectivity index (χ4v) is 3.88. The minimum absolute atomic E-state index is 0.196. The number of benzene rings is 1. The van der Waals surface area contributed by atoms with Crippen LogP contribution in [-0.4, -0.2) is 52.1 Å². The first-order valence-electron chi connectivity index (χ1n) is 11.5. The predicted molar refractivity (Wildman–Crippen MR) is 133 cm³/mol. The van der Waals surface area contributed by atoms with Crippen LogP contribution in [0.1, 0.15) is 32.0 Å². The van der Waals surface area contributed by atoms with Crippen molar-refractivity contribution in [1.29, 1.82) is 0 Å². The van der Waals surface area contributed by atoms with E-state index < -0.39 is 0 Å². The van der Waals surface area contributed by atoms with E-state index >= 15 is 0 Å². The number of carbonyl (C=O) groups excluding carboxylic acids is 1. The van der Waals surface area contributed by atoms with Gasteiger partial charge in [0.25, 0.3) is 0 Å². The molecule has 1 saturated heterocycles. The Hall–Kier alpha value is -3.95. The molecule has 0 atom stereocenters. The minimum atomic E-state index is -0.362. The summed E-state index contributed by atoms with van der Waals surface area (Å²) in [5.41, 5.74) is 7.09. The second-order valence-corrected chi connectivity index (χ2v) is 9.37. The average Bonchev–Trinajstić information content (AvgIpc) is 2.83. The third kappa shape index (κ3) is 5.95. The quantitative estimate of drug-likeness (QED) is 0.572. The maximum Gasteiger partial charge on any atom is 0.321 e. The molecule has 9 nitrogen and oxygen atoms in total. The Kier molecular flexibility index (Phi) is 6.99. The lowest BCUT2D eigenvalue weighted by Crippen LogP contribution is -2.50. The van der Waals surface area contributed by atoms with E-state index in [1.165, 1.54) is 6.07 Å². The van der Waals surface area contributed by atoms with Crippen molar-refractivity contribution in [3.8, 4) is 5.75 Å². The van der Waals surface area contributed by atoms with Crippen LogP contribution in [-0.2, 0) is 12.0 Å². The number of halogens is 1. The van der Waals surface area contributed by atoms with Crippen molar-refractivity contribution in [1.82, 2.24) is 19.9 Å². The van der Waals surface area contributed by atoms with Gasteiger partial charge in [0.05, 0.1) is 5.69 Å². The maximum atomic E-state index is 14.2. The molecule has 3 N–H and O–H groups in total. The van der Waals surface area contributed by atoms with E-state index in [9.17, 15) is 9.18 Å². The van der Waals surface area contributed by atoms with Gasteiger partial charge in [0.2, 0.25) is 5.95 Å². The number of pyridine rings is 1. The largest absolute Gasteiger partial charge is 0.483 e. The number of aromatic nitrogens is 3. The molecule has 35 heavy (non-hydrogen) atoms. The lowest BCUT2D eigenvalue weighted by atomic mass is 9.86. The fourth-order valence-electron chi connectivity index (χ4n) is 3.88. The summed E-state index contributed by atoms with van der Waals surface area (Å²) in [6, 6.07) is 9.88. The van der Waals surface area contributed by atoms with Crippen molar-refractivity contribution in [3.63, 3.8) is 0 Å². The molecule has 1 aromatic carbocycles. The van der Waals surface area contributed by atoms with Crippen LogP contribution >= 0.6 is 0 Å². The highest BCUT2D eigenvalue weighted by Gasteiger charge is 2.25. The van der Waals surface area contributed by atoms with Gasteiger partial charge in [0.15, 0.2) is 11.6 Å². The first-order chi connectivity index (χ1) is 16.7. The molecule has 0 spiro atoms. The molecule has 2 aromatic heterocycles. The molecular formula is C25H30FN7O2. The van der Waals surface area contributed by atoms with Gasteiger partial charge < -0.3 is 25.6 Å². The maximum absolute atomic E-state index is 14.2. The summed E-state index contributed by atoms with van der Waals surface area (Å²) in [4.78, 5) is 29.2. The minimum Gasteiger partial charge on any atom is -0.483 e. The molecule has 0 aliphatic carbocycles. The molecule has 0 unspecified atom stereocenters. The number of urea groups is 1. The number of piperazine rings is 1. The Morgan fingerprint density at radius 1 is 1.11 bits per heavy atom. The summed E-state index contributed by atoms with van der Waals surface area (Å²) < 4.78 is 20.2. The van der Waals surface area contributed by atoms with E-state index in [0.29, 0.717) is 54.7 Å². The molecule has 0 bridgehead atoms. The van der Waals surface area contributed by atoms with Gasteiger partial charge in [0.1, 0.15) is 12.4 Å².